The summed E-state index contributed by atoms with van der Waals surface area (Å²) in [5.74, 6) is 0.809. The van der Waals surface area contributed by atoms with E-state index in [-0.39, 0.29) is 17.4 Å². The van der Waals surface area contributed by atoms with Gasteiger partial charge in [-0.1, -0.05) is 6.92 Å². The largest absolute Gasteiger partial charge is 0.350 e. The van der Waals surface area contributed by atoms with Gasteiger partial charge in [-0.25, -0.2) is 0 Å². The van der Waals surface area contributed by atoms with Crippen LogP contribution in [0.5, 0.6) is 0 Å². The van der Waals surface area contributed by atoms with Crippen LogP contribution in [0.2, 0.25) is 0 Å². The van der Waals surface area contributed by atoms with E-state index in [0.717, 1.165) is 25.9 Å². The Hall–Kier alpha value is -1.10. The molecule has 3 N–H and O–H groups in total. The highest BCUT2D eigenvalue weighted by Gasteiger charge is 2.24. The number of carbonyl (C=O) groups excluding carboxylic acids is 2. The van der Waals surface area contributed by atoms with Crippen molar-refractivity contribution >= 4 is 11.8 Å². The molecule has 1 rings (SSSR count). The lowest BCUT2D eigenvalue weighted by molar-refractivity contribution is -0.130. The zero-order chi connectivity index (χ0) is 16.0. The smallest absolute Gasteiger partial charge is 0.242 e. The summed E-state index contributed by atoms with van der Waals surface area (Å²) in [5, 5.41) is 9.02. The van der Waals surface area contributed by atoms with Gasteiger partial charge in [-0.3, -0.25) is 9.59 Å². The standard InChI is InChI=1S/C16H31N3O2/c1-11(13-6-8-17-9-7-13)10-14(20)18-12(2)15(21)19-16(3,4)5/h11-13,17H,6-10H2,1-5H3,(H,18,20)(H,19,21). The third-order valence-corrected chi connectivity index (χ3v) is 3.96. The van der Waals surface area contributed by atoms with Gasteiger partial charge in [0.05, 0.1) is 0 Å². The summed E-state index contributed by atoms with van der Waals surface area (Å²) in [6.07, 6.45) is 2.76. The van der Waals surface area contributed by atoms with Crippen LogP contribution >= 0.6 is 0 Å². The van der Waals surface area contributed by atoms with Crippen LogP contribution in [-0.4, -0.2) is 36.5 Å². The molecule has 0 aromatic rings. The quantitative estimate of drug-likeness (QED) is 0.719. The first kappa shape index (κ1) is 18.0. The first-order valence-corrected chi connectivity index (χ1v) is 8.01. The van der Waals surface area contributed by atoms with Crippen LogP contribution in [0, 0.1) is 11.8 Å². The van der Waals surface area contributed by atoms with Crippen molar-refractivity contribution < 1.29 is 9.59 Å². The van der Waals surface area contributed by atoms with Gasteiger partial charge in [0.25, 0.3) is 0 Å². The molecule has 1 heterocycles. The molecule has 0 aromatic carbocycles. The van der Waals surface area contributed by atoms with Gasteiger partial charge in [0.15, 0.2) is 0 Å². The van der Waals surface area contributed by atoms with Crippen LogP contribution in [0.15, 0.2) is 0 Å². The van der Waals surface area contributed by atoms with Gasteiger partial charge in [0.1, 0.15) is 6.04 Å². The third-order valence-electron chi connectivity index (χ3n) is 3.96. The number of hydrogen-bond acceptors (Lipinski definition) is 3. The number of piperidine rings is 1. The maximum Gasteiger partial charge on any atom is 0.242 e. The monoisotopic (exact) mass is 297 g/mol. The predicted molar refractivity (Wildman–Crippen MR) is 84.9 cm³/mol. The minimum absolute atomic E-state index is 0.0300. The second-order valence-corrected chi connectivity index (χ2v) is 7.30. The number of nitrogens with one attached hydrogen (secondary N) is 3. The number of hydrogen-bond donors (Lipinski definition) is 3. The Morgan fingerprint density at radius 1 is 1.19 bits per heavy atom. The molecule has 2 amide bonds. The Morgan fingerprint density at radius 2 is 1.76 bits per heavy atom. The Kier molecular flexibility index (Phi) is 6.65. The molecule has 1 aliphatic rings. The molecule has 122 valence electrons. The molecule has 2 atom stereocenters. The van der Waals surface area contributed by atoms with Crippen LogP contribution in [0.25, 0.3) is 0 Å². The van der Waals surface area contributed by atoms with Gasteiger partial charge in [0.2, 0.25) is 11.8 Å². The molecule has 1 aliphatic heterocycles. The minimum Gasteiger partial charge on any atom is -0.350 e. The van der Waals surface area contributed by atoms with Crippen LogP contribution in [-0.2, 0) is 9.59 Å². The average molecular weight is 297 g/mol. The molecule has 1 fully saturated rings. The van der Waals surface area contributed by atoms with Crippen molar-refractivity contribution in [3.8, 4) is 0 Å². The maximum atomic E-state index is 12.1. The highest BCUT2D eigenvalue weighted by Crippen LogP contribution is 2.24. The van der Waals surface area contributed by atoms with Crippen molar-refractivity contribution in [3.05, 3.63) is 0 Å². The van der Waals surface area contributed by atoms with E-state index in [1.165, 1.54) is 0 Å². The highest BCUT2D eigenvalue weighted by molar-refractivity contribution is 5.87. The lowest BCUT2D eigenvalue weighted by Crippen LogP contribution is -2.51. The normalized spacial score (nSPS) is 19.7. The van der Waals surface area contributed by atoms with Crippen molar-refractivity contribution in [2.24, 2.45) is 11.8 Å². The summed E-state index contributed by atoms with van der Waals surface area (Å²) in [4.78, 5) is 24.0. The van der Waals surface area contributed by atoms with Crippen LogP contribution < -0.4 is 16.0 Å². The predicted octanol–water partition coefficient (Wildman–Crippen LogP) is 1.43. The van der Waals surface area contributed by atoms with Gasteiger partial charge in [0, 0.05) is 12.0 Å². The van der Waals surface area contributed by atoms with Crippen LogP contribution in [0.4, 0.5) is 0 Å². The van der Waals surface area contributed by atoms with Crippen LogP contribution in [0.1, 0.15) is 53.9 Å². The van der Waals surface area contributed by atoms with Crippen LogP contribution in [0.3, 0.4) is 0 Å². The lowest BCUT2D eigenvalue weighted by atomic mass is 9.84. The molecule has 0 radical (unpaired) electrons. The molecule has 1 saturated heterocycles. The maximum absolute atomic E-state index is 12.1. The Balaban J connectivity index is 2.36. The van der Waals surface area contributed by atoms with E-state index in [9.17, 15) is 9.59 Å². The topological polar surface area (TPSA) is 70.2 Å². The summed E-state index contributed by atoms with van der Waals surface area (Å²) in [6.45, 7) is 11.7. The summed E-state index contributed by atoms with van der Waals surface area (Å²) in [7, 11) is 0. The minimum atomic E-state index is -0.489. The molecule has 21 heavy (non-hydrogen) atoms. The van der Waals surface area contributed by atoms with E-state index >= 15 is 0 Å². The first-order chi connectivity index (χ1) is 9.69. The Bertz CT molecular complexity index is 357. The summed E-state index contributed by atoms with van der Waals surface area (Å²) in [6, 6.07) is -0.489. The molecule has 0 bridgehead atoms. The Labute approximate surface area is 128 Å². The molecule has 0 aromatic heterocycles. The van der Waals surface area contributed by atoms with Crippen molar-refractivity contribution in [2.45, 2.75) is 65.5 Å². The highest BCUT2D eigenvalue weighted by atomic mass is 16.2. The van der Waals surface area contributed by atoms with Crippen molar-refractivity contribution in [1.29, 1.82) is 0 Å². The van der Waals surface area contributed by atoms with E-state index in [4.69, 9.17) is 0 Å². The second kappa shape index (κ2) is 7.78. The van der Waals surface area contributed by atoms with Crippen molar-refractivity contribution in [1.82, 2.24) is 16.0 Å². The van der Waals surface area contributed by atoms with Crippen molar-refractivity contribution in [3.63, 3.8) is 0 Å². The first-order valence-electron chi connectivity index (χ1n) is 8.01. The molecule has 2 unspecified atom stereocenters. The van der Waals surface area contributed by atoms with Gasteiger partial charge >= 0.3 is 0 Å². The van der Waals surface area contributed by atoms with Gasteiger partial charge in [-0.05, 0) is 65.5 Å². The number of rotatable bonds is 5. The van der Waals surface area contributed by atoms with E-state index in [1.807, 2.05) is 20.8 Å². The van der Waals surface area contributed by atoms with Gasteiger partial charge < -0.3 is 16.0 Å². The molecule has 0 aliphatic carbocycles. The van der Waals surface area contributed by atoms with Gasteiger partial charge in [-0.2, -0.15) is 0 Å². The van der Waals surface area contributed by atoms with E-state index < -0.39 is 6.04 Å². The average Bonchev–Trinajstić information content (AvgIpc) is 2.37. The lowest BCUT2D eigenvalue weighted by Gasteiger charge is -2.28. The summed E-state index contributed by atoms with van der Waals surface area (Å²) >= 11 is 0. The molecular formula is C16H31N3O2. The zero-order valence-electron chi connectivity index (χ0n) is 14.1. The molecule has 0 spiro atoms. The van der Waals surface area contributed by atoms with Crippen molar-refractivity contribution in [2.75, 3.05) is 13.1 Å². The van der Waals surface area contributed by atoms with E-state index in [0.29, 0.717) is 18.3 Å². The number of amides is 2. The molecule has 0 saturated carbocycles. The zero-order valence-corrected chi connectivity index (χ0v) is 14.1. The fourth-order valence-electron chi connectivity index (χ4n) is 2.72. The second-order valence-electron chi connectivity index (χ2n) is 7.30. The van der Waals surface area contributed by atoms with E-state index in [1.54, 1.807) is 6.92 Å². The fraction of sp³-hybridized carbons (Fsp3) is 0.875. The van der Waals surface area contributed by atoms with E-state index in [2.05, 4.69) is 22.9 Å². The molecule has 5 heteroatoms. The fourth-order valence-corrected chi connectivity index (χ4v) is 2.72. The number of carbonyl (C=O) groups is 2. The third kappa shape index (κ3) is 6.93. The molecular weight excluding hydrogens is 266 g/mol. The molecule has 5 nitrogen and oxygen atoms in total. The SMILES string of the molecule is CC(NC(=O)CC(C)C1CCNCC1)C(=O)NC(C)(C)C. The summed E-state index contributed by atoms with van der Waals surface area (Å²) in [5.41, 5.74) is -0.279. The van der Waals surface area contributed by atoms with Gasteiger partial charge in [-0.15, -0.1) is 0 Å². The Morgan fingerprint density at radius 3 is 2.29 bits per heavy atom. The summed E-state index contributed by atoms with van der Waals surface area (Å²) < 4.78 is 0.